The molecule has 24 heavy (non-hydrogen) atoms. The zero-order valence-electron chi connectivity index (χ0n) is 14.6. The van der Waals surface area contributed by atoms with E-state index in [9.17, 15) is 9.90 Å². The molecule has 2 aromatic rings. The van der Waals surface area contributed by atoms with Crippen molar-refractivity contribution in [3.8, 4) is 11.3 Å². The number of pyridine rings is 1. The van der Waals surface area contributed by atoms with Crippen LogP contribution in [0.25, 0.3) is 11.3 Å². The number of nitrogens with zero attached hydrogens (tertiary/aromatic N) is 4. The van der Waals surface area contributed by atoms with Crippen molar-refractivity contribution in [2.24, 2.45) is 0 Å². The molecule has 0 aliphatic heterocycles. The predicted molar refractivity (Wildman–Crippen MR) is 92.4 cm³/mol. The Bertz CT molecular complexity index is 663. The summed E-state index contributed by atoms with van der Waals surface area (Å²) in [7, 11) is 0. The van der Waals surface area contributed by atoms with Gasteiger partial charge in [0.15, 0.2) is 0 Å². The van der Waals surface area contributed by atoms with Gasteiger partial charge in [-0.1, -0.05) is 0 Å². The number of hydrazine groups is 1. The number of aromatic nitrogens is 3. The molecule has 0 aromatic carbocycles. The minimum atomic E-state index is -0.975. The molecule has 7 nitrogen and oxygen atoms in total. The lowest BCUT2D eigenvalue weighted by atomic mass is 10.1. The van der Waals surface area contributed by atoms with Crippen LogP contribution in [-0.4, -0.2) is 42.8 Å². The Hall–Kier alpha value is -2.41. The van der Waals surface area contributed by atoms with Crippen LogP contribution in [0.1, 0.15) is 40.2 Å². The van der Waals surface area contributed by atoms with Crippen LogP contribution < -0.4 is 5.43 Å². The molecule has 1 atom stereocenters. The fourth-order valence-electron chi connectivity index (χ4n) is 2.37. The molecule has 0 radical (unpaired) electrons. The maximum atomic E-state index is 11.3. The smallest absolute Gasteiger partial charge is 0.422 e. The highest BCUT2D eigenvalue weighted by Gasteiger charge is 2.25. The average molecular weight is 331 g/mol. The first-order valence-corrected chi connectivity index (χ1v) is 7.99. The Morgan fingerprint density at radius 2 is 2.21 bits per heavy atom. The first-order chi connectivity index (χ1) is 11.3. The number of carboxylic acid groups (broad SMARTS) is 1. The highest BCUT2D eigenvalue weighted by molar-refractivity contribution is 5.65. The summed E-state index contributed by atoms with van der Waals surface area (Å²) >= 11 is 0. The molecule has 2 aromatic heterocycles. The largest absolute Gasteiger partial charge is 0.464 e. The lowest BCUT2D eigenvalue weighted by Gasteiger charge is -2.33. The molecule has 7 heteroatoms. The van der Waals surface area contributed by atoms with Gasteiger partial charge in [-0.05, 0) is 46.2 Å². The standard InChI is InChI=1S/C17H25N5O2/c1-13(7-9-20-22(16(23)24)17(2,3)4)21-11-15(19-12-21)14-6-5-8-18-10-14/h5-6,8,10-13,20H,7,9H2,1-4H3,(H,23,24)/t13-/m1/s1. The monoisotopic (exact) mass is 331 g/mol. The summed E-state index contributed by atoms with van der Waals surface area (Å²) in [5.74, 6) is 0. The van der Waals surface area contributed by atoms with Crippen LogP contribution in [0.15, 0.2) is 37.1 Å². The Morgan fingerprint density at radius 3 is 2.79 bits per heavy atom. The van der Waals surface area contributed by atoms with E-state index >= 15 is 0 Å². The summed E-state index contributed by atoms with van der Waals surface area (Å²) < 4.78 is 2.03. The van der Waals surface area contributed by atoms with Crippen LogP contribution in [-0.2, 0) is 0 Å². The predicted octanol–water partition coefficient (Wildman–Crippen LogP) is 3.18. The fraction of sp³-hybridized carbons (Fsp3) is 0.471. The normalized spacial score (nSPS) is 12.8. The van der Waals surface area contributed by atoms with Gasteiger partial charge >= 0.3 is 6.09 Å². The van der Waals surface area contributed by atoms with E-state index in [-0.39, 0.29) is 6.04 Å². The number of carbonyl (C=O) groups is 1. The van der Waals surface area contributed by atoms with Crippen molar-refractivity contribution in [3.63, 3.8) is 0 Å². The van der Waals surface area contributed by atoms with Crippen LogP contribution in [0.5, 0.6) is 0 Å². The van der Waals surface area contributed by atoms with Crippen molar-refractivity contribution < 1.29 is 9.90 Å². The molecule has 0 bridgehead atoms. The van der Waals surface area contributed by atoms with Crippen molar-refractivity contribution in [2.45, 2.75) is 45.7 Å². The average Bonchev–Trinajstić information content (AvgIpc) is 3.00. The first kappa shape index (κ1) is 17.9. The van der Waals surface area contributed by atoms with E-state index in [1.54, 1.807) is 18.7 Å². The Kier molecular flexibility index (Phi) is 5.56. The van der Waals surface area contributed by atoms with Gasteiger partial charge in [0.05, 0.1) is 17.6 Å². The molecule has 130 valence electrons. The minimum absolute atomic E-state index is 0.200. The van der Waals surface area contributed by atoms with Crippen LogP contribution in [0.4, 0.5) is 4.79 Å². The third-order valence-electron chi connectivity index (χ3n) is 3.76. The quantitative estimate of drug-likeness (QED) is 0.794. The summed E-state index contributed by atoms with van der Waals surface area (Å²) in [5, 5.41) is 10.5. The molecule has 0 spiro atoms. The maximum absolute atomic E-state index is 11.3. The van der Waals surface area contributed by atoms with Gasteiger partial charge in [0.25, 0.3) is 0 Å². The van der Waals surface area contributed by atoms with E-state index in [2.05, 4.69) is 22.3 Å². The topological polar surface area (TPSA) is 83.3 Å². The number of nitrogens with one attached hydrogen (secondary N) is 1. The Balaban J connectivity index is 1.92. The molecule has 2 heterocycles. The van der Waals surface area contributed by atoms with Gasteiger partial charge in [0.1, 0.15) is 0 Å². The van der Waals surface area contributed by atoms with Crippen molar-refractivity contribution in [3.05, 3.63) is 37.1 Å². The van der Waals surface area contributed by atoms with Crippen molar-refractivity contribution in [1.29, 1.82) is 0 Å². The van der Waals surface area contributed by atoms with E-state index in [1.807, 2.05) is 43.7 Å². The minimum Gasteiger partial charge on any atom is -0.464 e. The van der Waals surface area contributed by atoms with E-state index in [1.165, 1.54) is 5.01 Å². The second-order valence-electron chi connectivity index (χ2n) is 6.78. The summed E-state index contributed by atoms with van der Waals surface area (Å²) in [5.41, 5.74) is 4.36. The lowest BCUT2D eigenvalue weighted by molar-refractivity contribution is 0.0631. The number of hydrogen-bond donors (Lipinski definition) is 2. The molecule has 0 unspecified atom stereocenters. The number of amides is 1. The van der Waals surface area contributed by atoms with Gasteiger partial charge in [-0.25, -0.2) is 20.2 Å². The zero-order chi connectivity index (χ0) is 17.7. The van der Waals surface area contributed by atoms with Gasteiger partial charge in [-0.2, -0.15) is 0 Å². The fourth-order valence-corrected chi connectivity index (χ4v) is 2.37. The second-order valence-corrected chi connectivity index (χ2v) is 6.78. The zero-order valence-corrected chi connectivity index (χ0v) is 14.6. The van der Waals surface area contributed by atoms with E-state index in [0.717, 1.165) is 17.7 Å². The lowest BCUT2D eigenvalue weighted by Crippen LogP contribution is -2.53. The van der Waals surface area contributed by atoms with Crippen LogP contribution in [0.2, 0.25) is 0 Å². The van der Waals surface area contributed by atoms with Crippen LogP contribution in [0, 0.1) is 0 Å². The third kappa shape index (κ3) is 4.55. The SMILES string of the molecule is C[C@H](CCNN(C(=O)O)C(C)(C)C)n1cnc(-c2cccnc2)c1. The maximum Gasteiger partial charge on any atom is 0.422 e. The molecule has 1 amide bonds. The van der Waals surface area contributed by atoms with Gasteiger partial charge < -0.3 is 9.67 Å². The van der Waals surface area contributed by atoms with Crippen molar-refractivity contribution >= 4 is 6.09 Å². The Morgan fingerprint density at radius 1 is 1.46 bits per heavy atom. The number of rotatable bonds is 6. The van der Waals surface area contributed by atoms with Gasteiger partial charge in [-0.15, -0.1) is 0 Å². The molecule has 0 saturated carbocycles. The van der Waals surface area contributed by atoms with E-state index in [0.29, 0.717) is 6.54 Å². The number of hydrogen-bond acceptors (Lipinski definition) is 4. The van der Waals surface area contributed by atoms with Gasteiger partial charge in [0, 0.05) is 36.7 Å². The molecule has 0 fully saturated rings. The summed E-state index contributed by atoms with van der Waals surface area (Å²) in [4.78, 5) is 19.8. The van der Waals surface area contributed by atoms with Crippen LogP contribution >= 0.6 is 0 Å². The van der Waals surface area contributed by atoms with Gasteiger partial charge in [0.2, 0.25) is 0 Å². The highest BCUT2D eigenvalue weighted by Crippen LogP contribution is 2.19. The molecular formula is C17H25N5O2. The summed E-state index contributed by atoms with van der Waals surface area (Å²) in [6.45, 7) is 8.21. The molecule has 2 N–H and O–H groups in total. The van der Waals surface area contributed by atoms with E-state index < -0.39 is 11.6 Å². The van der Waals surface area contributed by atoms with Crippen molar-refractivity contribution in [2.75, 3.05) is 6.54 Å². The molecule has 0 aliphatic carbocycles. The second kappa shape index (κ2) is 7.44. The van der Waals surface area contributed by atoms with Crippen LogP contribution in [0.3, 0.4) is 0 Å². The van der Waals surface area contributed by atoms with E-state index in [4.69, 9.17) is 0 Å². The third-order valence-corrected chi connectivity index (χ3v) is 3.76. The summed E-state index contributed by atoms with van der Waals surface area (Å²) in [6.07, 6.45) is 7.11. The number of imidazole rings is 1. The molecular weight excluding hydrogens is 306 g/mol. The molecule has 0 aliphatic rings. The van der Waals surface area contributed by atoms with Gasteiger partial charge in [-0.3, -0.25) is 4.98 Å². The molecule has 2 rings (SSSR count). The Labute approximate surface area is 142 Å². The van der Waals surface area contributed by atoms with Crippen molar-refractivity contribution in [1.82, 2.24) is 25.0 Å². The summed E-state index contributed by atoms with van der Waals surface area (Å²) in [6, 6.07) is 4.06. The first-order valence-electron chi connectivity index (χ1n) is 7.99. The molecule has 0 saturated heterocycles. The highest BCUT2D eigenvalue weighted by atomic mass is 16.4.